The summed E-state index contributed by atoms with van der Waals surface area (Å²) in [6.45, 7) is 20.0. The largest absolute Gasteiger partial charge is 0.439 e. The van der Waals surface area contributed by atoms with Crippen LogP contribution in [0.1, 0.15) is 20.3 Å². The van der Waals surface area contributed by atoms with Crippen LogP contribution < -0.4 is 0 Å². The molecule has 0 aromatic carbocycles. The Morgan fingerprint density at radius 1 is 0.778 bits per heavy atom. The van der Waals surface area contributed by atoms with Crippen molar-refractivity contribution in [3.8, 4) is 0 Å². The monoisotopic (exact) mass is 480 g/mol. The summed E-state index contributed by atoms with van der Waals surface area (Å²) >= 11 is 0. The van der Waals surface area contributed by atoms with Crippen LogP contribution in [0.25, 0.3) is 0 Å². The van der Waals surface area contributed by atoms with Crippen molar-refractivity contribution in [3.63, 3.8) is 0 Å². The molecule has 0 saturated carbocycles. The Morgan fingerprint density at radius 2 is 1.26 bits per heavy atom. The van der Waals surface area contributed by atoms with Crippen molar-refractivity contribution in [3.05, 3.63) is 0 Å². The lowest BCUT2D eigenvalue weighted by atomic mass is 10.5. The maximum Gasteiger partial charge on any atom is 0.389 e. The molecule has 0 aromatic heterocycles. The van der Waals surface area contributed by atoms with Gasteiger partial charge in [-0.3, -0.25) is 0 Å². The first kappa shape index (κ1) is 27.7. The first-order valence-electron chi connectivity index (χ1n) is 9.67. The predicted octanol–water partition coefficient (Wildman–Crippen LogP) is 6.08. The predicted molar refractivity (Wildman–Crippen MR) is 118 cm³/mol. The summed E-state index contributed by atoms with van der Waals surface area (Å²) in [6.07, 6.45) is -5.10. The Labute approximate surface area is 169 Å². The number of halogens is 3. The lowest BCUT2D eigenvalue weighted by molar-refractivity contribution is -0.131. The SMILES string of the molecule is CC[Si](C)(C)O[SiH](C)O[Si](C)(C)O[Si](C)(CCC(F)(F)F)O[Si](C)(C)CC. The molecule has 2 atom stereocenters. The lowest BCUT2D eigenvalue weighted by Gasteiger charge is -2.41. The zero-order chi connectivity index (χ0) is 21.7. The minimum atomic E-state index is -4.21. The normalized spacial score (nSPS) is 17.7. The molecule has 0 aliphatic rings. The summed E-state index contributed by atoms with van der Waals surface area (Å²) in [5.41, 5.74) is 0. The van der Waals surface area contributed by atoms with Gasteiger partial charge in [0, 0.05) is 6.42 Å². The van der Waals surface area contributed by atoms with Crippen molar-refractivity contribution >= 4 is 43.0 Å². The zero-order valence-corrected chi connectivity index (χ0v) is 23.8. The highest BCUT2D eigenvalue weighted by atomic mass is 28.5. The van der Waals surface area contributed by atoms with Gasteiger partial charge in [0.2, 0.25) is 0 Å². The van der Waals surface area contributed by atoms with Gasteiger partial charge in [0.15, 0.2) is 16.6 Å². The van der Waals surface area contributed by atoms with Crippen LogP contribution in [0.3, 0.4) is 0 Å². The highest BCUT2D eigenvalue weighted by Crippen LogP contribution is 2.32. The third kappa shape index (κ3) is 12.8. The van der Waals surface area contributed by atoms with Crippen LogP contribution >= 0.6 is 0 Å². The lowest BCUT2D eigenvalue weighted by Crippen LogP contribution is -2.57. The minimum absolute atomic E-state index is 0.0985. The van der Waals surface area contributed by atoms with Crippen molar-refractivity contribution in [2.24, 2.45) is 0 Å². The van der Waals surface area contributed by atoms with E-state index in [1.165, 1.54) is 0 Å². The molecule has 0 aliphatic carbocycles. The van der Waals surface area contributed by atoms with E-state index < -0.39 is 55.6 Å². The Bertz CT molecular complexity index is 463. The molecule has 0 saturated heterocycles. The van der Waals surface area contributed by atoms with Gasteiger partial charge in [-0.1, -0.05) is 13.8 Å². The maximum absolute atomic E-state index is 12.9. The van der Waals surface area contributed by atoms with Crippen molar-refractivity contribution in [1.82, 2.24) is 0 Å². The van der Waals surface area contributed by atoms with E-state index >= 15 is 0 Å². The standard InChI is InChI=1S/C15H39F3O4Si5/c1-11-24(4,5)19-23(3)20-26(8,9)22-27(10,14-13-15(16,17)18)21-25(6,7)12-2/h23H,11-14H2,1-10H3. The van der Waals surface area contributed by atoms with Crippen LogP contribution in [0.2, 0.25) is 70.5 Å². The fraction of sp³-hybridized carbons (Fsp3) is 1.00. The van der Waals surface area contributed by atoms with Gasteiger partial charge in [-0.25, -0.2) is 0 Å². The first-order valence-corrected chi connectivity index (χ1v) is 23.3. The Morgan fingerprint density at radius 3 is 1.67 bits per heavy atom. The molecule has 27 heavy (non-hydrogen) atoms. The second-order valence-electron chi connectivity index (χ2n) is 8.88. The summed E-state index contributed by atoms with van der Waals surface area (Å²) in [5.74, 6) is 0. The molecule has 4 nitrogen and oxygen atoms in total. The average Bonchev–Trinajstić information content (AvgIpc) is 2.42. The molecular weight excluding hydrogens is 442 g/mol. The van der Waals surface area contributed by atoms with Gasteiger partial charge in [-0.2, -0.15) is 13.2 Å². The van der Waals surface area contributed by atoms with Crippen molar-refractivity contribution in [2.45, 2.75) is 97.0 Å². The summed E-state index contributed by atoms with van der Waals surface area (Å²) in [4.78, 5) is 0. The highest BCUT2D eigenvalue weighted by molar-refractivity contribution is 6.88. The Hall–Kier alpha value is 0.714. The fourth-order valence-corrected chi connectivity index (χ4v) is 22.9. The number of alkyl halides is 3. The molecule has 12 heteroatoms. The average molecular weight is 481 g/mol. The Kier molecular flexibility index (Phi) is 10.4. The van der Waals surface area contributed by atoms with Gasteiger partial charge in [0.25, 0.3) is 9.28 Å². The summed E-state index contributed by atoms with van der Waals surface area (Å²) in [5, 5.41) is 0. The summed E-state index contributed by atoms with van der Waals surface area (Å²) in [6, 6.07) is 1.73. The van der Waals surface area contributed by atoms with Gasteiger partial charge < -0.3 is 16.5 Å². The molecular formula is C15H39F3O4Si5. The first-order chi connectivity index (χ1) is 11.8. The third-order valence-corrected chi connectivity index (χ3v) is 24.1. The van der Waals surface area contributed by atoms with Crippen molar-refractivity contribution < 1.29 is 29.6 Å². The van der Waals surface area contributed by atoms with Crippen molar-refractivity contribution in [1.29, 1.82) is 0 Å². The molecule has 0 amide bonds. The third-order valence-electron chi connectivity index (χ3n) is 4.45. The molecule has 0 N–H and O–H groups in total. The molecule has 0 spiro atoms. The summed E-state index contributed by atoms with van der Waals surface area (Å²) < 4.78 is 63.6. The van der Waals surface area contributed by atoms with Gasteiger partial charge in [-0.05, 0) is 70.5 Å². The van der Waals surface area contributed by atoms with Crippen LogP contribution in [0.15, 0.2) is 0 Å². The number of rotatable bonds is 12. The second-order valence-corrected chi connectivity index (χ2v) is 27.6. The summed E-state index contributed by atoms with van der Waals surface area (Å²) in [7, 11) is -11.4. The van der Waals surface area contributed by atoms with E-state index in [0.717, 1.165) is 12.1 Å². The molecule has 0 rings (SSSR count). The molecule has 0 aliphatic heterocycles. The van der Waals surface area contributed by atoms with E-state index in [1.54, 1.807) is 6.55 Å². The molecule has 0 heterocycles. The highest BCUT2D eigenvalue weighted by Gasteiger charge is 2.46. The Balaban J connectivity index is 5.25. The van der Waals surface area contributed by atoms with E-state index in [1.807, 2.05) is 39.7 Å². The smallest absolute Gasteiger partial charge is 0.389 e. The number of hydrogen-bond donors (Lipinski definition) is 0. The molecule has 0 fully saturated rings. The molecule has 164 valence electrons. The van der Waals surface area contributed by atoms with E-state index in [4.69, 9.17) is 16.5 Å². The topological polar surface area (TPSA) is 36.9 Å². The van der Waals surface area contributed by atoms with E-state index in [9.17, 15) is 13.2 Å². The molecule has 2 unspecified atom stereocenters. The van der Waals surface area contributed by atoms with Gasteiger partial charge in [0.05, 0.1) is 0 Å². The molecule has 0 aromatic rings. The van der Waals surface area contributed by atoms with Gasteiger partial charge >= 0.3 is 23.3 Å². The van der Waals surface area contributed by atoms with Gasteiger partial charge in [-0.15, -0.1) is 0 Å². The molecule has 0 bridgehead atoms. The van der Waals surface area contributed by atoms with Gasteiger partial charge in [0.1, 0.15) is 0 Å². The zero-order valence-electron chi connectivity index (χ0n) is 18.7. The molecule has 0 radical (unpaired) electrons. The second kappa shape index (κ2) is 10.2. The fourth-order valence-electron chi connectivity index (χ4n) is 2.65. The number of hydrogen-bond acceptors (Lipinski definition) is 4. The van der Waals surface area contributed by atoms with Crippen molar-refractivity contribution in [2.75, 3.05) is 0 Å². The van der Waals surface area contributed by atoms with Crippen LogP contribution in [0.4, 0.5) is 13.2 Å². The van der Waals surface area contributed by atoms with Crippen LogP contribution in [0.5, 0.6) is 0 Å². The minimum Gasteiger partial charge on any atom is -0.439 e. The van der Waals surface area contributed by atoms with Crippen LogP contribution in [-0.4, -0.2) is 49.2 Å². The van der Waals surface area contributed by atoms with E-state index in [-0.39, 0.29) is 6.04 Å². The van der Waals surface area contributed by atoms with E-state index in [0.29, 0.717) is 0 Å². The quantitative estimate of drug-likeness (QED) is 0.317. The van der Waals surface area contributed by atoms with Crippen LogP contribution in [-0.2, 0) is 16.5 Å². The maximum atomic E-state index is 12.9. The van der Waals surface area contributed by atoms with E-state index in [2.05, 4.69) is 20.0 Å². The van der Waals surface area contributed by atoms with Crippen LogP contribution in [0, 0.1) is 0 Å².